The smallest absolute Gasteiger partial charge is 0.332 e. The first-order valence-corrected chi connectivity index (χ1v) is 12.4. The molecule has 2 aliphatic rings. The van der Waals surface area contributed by atoms with Crippen LogP contribution < -0.4 is 9.64 Å². The summed E-state index contributed by atoms with van der Waals surface area (Å²) in [6, 6.07) is 13.3. The fourth-order valence-corrected chi connectivity index (χ4v) is 5.38. The van der Waals surface area contributed by atoms with Gasteiger partial charge in [0.1, 0.15) is 17.1 Å². The van der Waals surface area contributed by atoms with Gasteiger partial charge in [-0.3, -0.25) is 19.5 Å². The summed E-state index contributed by atoms with van der Waals surface area (Å²) in [5.74, 6) is 0.246. The van der Waals surface area contributed by atoms with Gasteiger partial charge < -0.3 is 9.26 Å². The number of halogens is 1. The SMILES string of the molecule is CC(C)Oc1cccc(CN2CCC3(C[C@@H]2C)C(=O)N(Cc2ncon2)C(=O)N3c2cccc(F)c2)c1. The van der Waals surface area contributed by atoms with E-state index < -0.39 is 17.4 Å². The Balaban J connectivity index is 1.42. The van der Waals surface area contributed by atoms with Crippen LogP contribution in [0.5, 0.6) is 5.75 Å². The highest BCUT2D eigenvalue weighted by atomic mass is 19.1. The van der Waals surface area contributed by atoms with E-state index in [9.17, 15) is 14.0 Å². The van der Waals surface area contributed by atoms with Crippen LogP contribution in [-0.4, -0.2) is 56.1 Å². The standard InChI is InChI=1S/C27H30FN5O4/c1-18(2)37-23-9-4-6-20(12-23)15-31-11-10-27(14-19(31)3)25(34)32(16-24-29-17-36-30-24)26(35)33(27)22-8-5-7-21(28)13-22/h4-9,12-13,17-19H,10-11,14-16H2,1-3H3/t19-,27?/m0/s1. The van der Waals surface area contributed by atoms with Gasteiger partial charge in [-0.05, 0) is 69.5 Å². The molecule has 9 nitrogen and oxygen atoms in total. The number of nitrogens with zero attached hydrogens (tertiary/aromatic N) is 5. The summed E-state index contributed by atoms with van der Waals surface area (Å²) in [5, 5.41) is 3.76. The van der Waals surface area contributed by atoms with Gasteiger partial charge in [0.2, 0.25) is 6.39 Å². The van der Waals surface area contributed by atoms with E-state index >= 15 is 0 Å². The fraction of sp³-hybridized carbons (Fsp3) is 0.407. The first-order chi connectivity index (χ1) is 17.8. The molecule has 2 saturated heterocycles. The average Bonchev–Trinajstić information content (AvgIpc) is 3.43. The van der Waals surface area contributed by atoms with Crippen molar-refractivity contribution >= 4 is 17.6 Å². The summed E-state index contributed by atoms with van der Waals surface area (Å²) >= 11 is 0. The van der Waals surface area contributed by atoms with Crippen LogP contribution in [0.2, 0.25) is 0 Å². The van der Waals surface area contributed by atoms with Crippen molar-refractivity contribution in [1.82, 2.24) is 19.9 Å². The number of rotatable bonds is 7. The summed E-state index contributed by atoms with van der Waals surface area (Å²) in [4.78, 5) is 36.4. The minimum Gasteiger partial charge on any atom is -0.491 e. The maximum Gasteiger partial charge on any atom is 0.332 e. The lowest BCUT2D eigenvalue weighted by Crippen LogP contribution is -2.59. The lowest BCUT2D eigenvalue weighted by atomic mass is 9.81. The Morgan fingerprint density at radius 2 is 1.97 bits per heavy atom. The topological polar surface area (TPSA) is 92.0 Å². The largest absolute Gasteiger partial charge is 0.491 e. The van der Waals surface area contributed by atoms with Crippen LogP contribution in [-0.2, 0) is 17.9 Å². The second-order valence-corrected chi connectivity index (χ2v) is 9.96. The second kappa shape index (κ2) is 9.93. The van der Waals surface area contributed by atoms with E-state index in [4.69, 9.17) is 9.26 Å². The molecular formula is C27H30FN5O4. The van der Waals surface area contributed by atoms with Gasteiger partial charge in [0.25, 0.3) is 5.91 Å². The molecule has 0 bridgehead atoms. The number of hydrogen-bond acceptors (Lipinski definition) is 7. The number of hydrogen-bond donors (Lipinski definition) is 0. The Hall–Kier alpha value is -3.79. The zero-order valence-corrected chi connectivity index (χ0v) is 21.1. The molecule has 37 heavy (non-hydrogen) atoms. The Labute approximate surface area is 214 Å². The zero-order chi connectivity index (χ0) is 26.2. The zero-order valence-electron chi connectivity index (χ0n) is 21.1. The van der Waals surface area contributed by atoms with Crippen LogP contribution in [0, 0.1) is 5.82 Å². The maximum atomic E-state index is 14.2. The van der Waals surface area contributed by atoms with Crippen molar-refractivity contribution in [1.29, 1.82) is 0 Å². The van der Waals surface area contributed by atoms with Crippen molar-refractivity contribution in [3.63, 3.8) is 0 Å². The molecule has 0 aliphatic carbocycles. The number of imide groups is 1. The lowest BCUT2D eigenvalue weighted by molar-refractivity contribution is -0.133. The maximum absolute atomic E-state index is 14.2. The number of urea groups is 1. The van der Waals surface area contributed by atoms with Crippen LogP contribution in [0.1, 0.15) is 45.0 Å². The van der Waals surface area contributed by atoms with Gasteiger partial charge in [-0.15, -0.1) is 0 Å². The molecule has 194 valence electrons. The van der Waals surface area contributed by atoms with Crippen LogP contribution in [0.15, 0.2) is 59.4 Å². The normalized spacial score (nSPS) is 22.5. The molecule has 0 saturated carbocycles. The van der Waals surface area contributed by atoms with Gasteiger partial charge >= 0.3 is 6.03 Å². The third-order valence-electron chi connectivity index (χ3n) is 6.99. The van der Waals surface area contributed by atoms with Crippen LogP contribution in [0.3, 0.4) is 0 Å². The Bertz CT molecular complexity index is 1280. The minimum absolute atomic E-state index is 0.0265. The van der Waals surface area contributed by atoms with Gasteiger partial charge in [-0.1, -0.05) is 23.4 Å². The molecule has 2 atom stereocenters. The van der Waals surface area contributed by atoms with E-state index in [1.54, 1.807) is 12.1 Å². The van der Waals surface area contributed by atoms with Crippen molar-refractivity contribution in [2.45, 2.75) is 64.4 Å². The first-order valence-electron chi connectivity index (χ1n) is 12.4. The van der Waals surface area contributed by atoms with E-state index in [1.807, 2.05) is 32.0 Å². The lowest BCUT2D eigenvalue weighted by Gasteiger charge is -2.45. The van der Waals surface area contributed by atoms with Crippen LogP contribution in [0.25, 0.3) is 0 Å². The summed E-state index contributed by atoms with van der Waals surface area (Å²) in [6.07, 6.45) is 2.05. The average molecular weight is 508 g/mol. The Morgan fingerprint density at radius 3 is 2.68 bits per heavy atom. The van der Waals surface area contributed by atoms with E-state index in [0.717, 1.165) is 22.6 Å². The number of carbonyl (C=O) groups is 2. The molecule has 3 amide bonds. The molecule has 10 heteroatoms. The van der Waals surface area contributed by atoms with Gasteiger partial charge in [-0.2, -0.15) is 4.98 Å². The first kappa shape index (κ1) is 24.9. The Kier molecular flexibility index (Phi) is 6.68. The summed E-state index contributed by atoms with van der Waals surface area (Å²) < 4.78 is 24.8. The number of anilines is 1. The summed E-state index contributed by atoms with van der Waals surface area (Å²) in [6.45, 7) is 7.19. The summed E-state index contributed by atoms with van der Waals surface area (Å²) in [5.41, 5.74) is 0.330. The van der Waals surface area contributed by atoms with Crippen molar-refractivity contribution in [2.75, 3.05) is 11.4 Å². The number of amides is 3. The number of carbonyl (C=O) groups excluding carboxylic acids is 2. The number of aromatic nitrogens is 2. The quantitative estimate of drug-likeness (QED) is 0.438. The predicted octanol–water partition coefficient (Wildman–Crippen LogP) is 4.39. The van der Waals surface area contributed by atoms with E-state index in [1.165, 1.54) is 17.0 Å². The molecule has 2 aliphatic heterocycles. The molecule has 0 N–H and O–H groups in total. The van der Waals surface area contributed by atoms with E-state index in [-0.39, 0.29) is 30.4 Å². The van der Waals surface area contributed by atoms with Crippen LogP contribution >= 0.6 is 0 Å². The molecule has 1 aromatic heterocycles. The minimum atomic E-state index is -1.13. The Morgan fingerprint density at radius 1 is 1.16 bits per heavy atom. The van der Waals surface area contributed by atoms with E-state index in [2.05, 4.69) is 28.0 Å². The molecule has 1 unspecified atom stereocenters. The number of ether oxygens (including phenoxy) is 1. The van der Waals surface area contributed by atoms with Crippen molar-refractivity contribution in [2.24, 2.45) is 0 Å². The molecule has 2 fully saturated rings. The monoisotopic (exact) mass is 507 g/mol. The predicted molar refractivity (Wildman–Crippen MR) is 133 cm³/mol. The van der Waals surface area contributed by atoms with Crippen LogP contribution in [0.4, 0.5) is 14.9 Å². The highest BCUT2D eigenvalue weighted by Crippen LogP contribution is 2.43. The third-order valence-corrected chi connectivity index (χ3v) is 6.99. The third kappa shape index (κ3) is 4.81. The number of piperidine rings is 1. The molecule has 5 rings (SSSR count). The molecule has 1 spiro atoms. The fourth-order valence-electron chi connectivity index (χ4n) is 5.38. The van der Waals surface area contributed by atoms with Crippen molar-refractivity contribution in [3.05, 3.63) is 72.1 Å². The molecule has 0 radical (unpaired) electrons. The number of benzene rings is 2. The van der Waals surface area contributed by atoms with Gasteiger partial charge in [0.15, 0.2) is 5.82 Å². The second-order valence-electron chi connectivity index (χ2n) is 9.96. The van der Waals surface area contributed by atoms with Gasteiger partial charge in [-0.25, -0.2) is 9.18 Å². The highest BCUT2D eigenvalue weighted by Gasteiger charge is 2.60. The number of likely N-dealkylation sites (tertiary alicyclic amines) is 1. The van der Waals surface area contributed by atoms with Gasteiger partial charge in [0, 0.05) is 24.8 Å². The molecule has 3 aromatic rings. The molecule has 2 aromatic carbocycles. The van der Waals surface area contributed by atoms with E-state index in [0.29, 0.717) is 31.6 Å². The van der Waals surface area contributed by atoms with Crippen molar-refractivity contribution < 1.29 is 23.2 Å². The summed E-state index contributed by atoms with van der Waals surface area (Å²) in [7, 11) is 0. The highest BCUT2D eigenvalue weighted by molar-refractivity contribution is 6.16. The van der Waals surface area contributed by atoms with Crippen molar-refractivity contribution in [3.8, 4) is 5.75 Å². The molecule has 3 heterocycles. The van der Waals surface area contributed by atoms with Gasteiger partial charge in [0.05, 0.1) is 12.6 Å². The molecular weight excluding hydrogens is 477 g/mol.